The highest BCUT2D eigenvalue weighted by Gasteiger charge is 2.56. The summed E-state index contributed by atoms with van der Waals surface area (Å²) in [6, 6.07) is 46.6. The van der Waals surface area contributed by atoms with E-state index in [0.29, 0.717) is 0 Å². The Hall–Kier alpha value is -8.75. The van der Waals surface area contributed by atoms with E-state index >= 15 is 0 Å². The molecular weight excluding hydrogens is 987 g/mol. The number of carbonyl (C=O) groups is 6. The molecule has 2 saturated heterocycles. The first kappa shape index (κ1) is 53.5. The van der Waals surface area contributed by atoms with E-state index in [1.54, 1.807) is 109 Å². The number of aliphatic hydroxyl groups is 1. The Morgan fingerprint density at radius 2 is 0.684 bits per heavy atom. The lowest BCUT2D eigenvalue weighted by molar-refractivity contribution is -0.328. The van der Waals surface area contributed by atoms with E-state index < -0.39 is 110 Å². The third-order valence-electron chi connectivity index (χ3n) is 11.8. The fraction of sp³-hybridized carbons (Fsp3) is 0.250. The van der Waals surface area contributed by atoms with E-state index in [-0.39, 0.29) is 46.5 Å². The zero-order valence-electron chi connectivity index (χ0n) is 40.2. The van der Waals surface area contributed by atoms with Gasteiger partial charge in [-0.25, -0.2) is 28.8 Å². The van der Waals surface area contributed by atoms with Crippen LogP contribution in [0.1, 0.15) is 62.1 Å². The van der Waals surface area contributed by atoms with Gasteiger partial charge in [0.2, 0.25) is 0 Å². The second-order valence-corrected chi connectivity index (χ2v) is 16.8. The molecule has 3 unspecified atom stereocenters. The lowest BCUT2D eigenvalue weighted by Crippen LogP contribution is -2.65. The molecule has 10 atom stereocenters. The number of aliphatic hydroxyl groups excluding tert-OH is 1. The van der Waals surface area contributed by atoms with E-state index in [2.05, 4.69) is 10.0 Å². The number of hydrogen-bond donors (Lipinski definition) is 1. The highest BCUT2D eigenvalue weighted by Crippen LogP contribution is 2.35. The van der Waals surface area contributed by atoms with Gasteiger partial charge in [0.25, 0.3) is 0 Å². The van der Waals surface area contributed by atoms with E-state index in [0.717, 1.165) is 0 Å². The third kappa shape index (κ3) is 13.7. The first-order valence-electron chi connectivity index (χ1n) is 23.8. The molecule has 8 rings (SSSR count). The van der Waals surface area contributed by atoms with Crippen molar-refractivity contribution in [3.63, 3.8) is 0 Å². The quantitative estimate of drug-likeness (QED) is 0.0199. The van der Waals surface area contributed by atoms with Crippen molar-refractivity contribution in [2.24, 2.45) is 5.11 Å². The molecular formula is C56H49N3O17. The number of hydrogen-bond acceptors (Lipinski definition) is 18. The molecule has 0 saturated carbocycles. The predicted octanol–water partition coefficient (Wildman–Crippen LogP) is 7.13. The molecule has 2 aliphatic heterocycles. The predicted molar refractivity (Wildman–Crippen MR) is 264 cm³/mol. The van der Waals surface area contributed by atoms with Gasteiger partial charge in [0.05, 0.1) is 53.2 Å². The molecule has 0 bridgehead atoms. The summed E-state index contributed by atoms with van der Waals surface area (Å²) in [5, 5.41) is 14.5. The summed E-state index contributed by atoms with van der Waals surface area (Å²) < 4.78 is 61.9. The highest BCUT2D eigenvalue weighted by atomic mass is 16.8. The normalized spacial score (nSPS) is 22.8. The largest absolute Gasteiger partial charge is 0.452 e. The van der Waals surface area contributed by atoms with Crippen LogP contribution in [0, 0.1) is 0 Å². The van der Waals surface area contributed by atoms with Crippen LogP contribution in [0.5, 0.6) is 0 Å². The van der Waals surface area contributed by atoms with Crippen molar-refractivity contribution < 1.29 is 81.2 Å². The Kier molecular flexibility index (Phi) is 18.6. The topological polar surface area (TPSA) is 264 Å². The molecule has 0 radical (unpaired) electrons. The Morgan fingerprint density at radius 1 is 0.408 bits per heavy atom. The lowest BCUT2D eigenvalue weighted by Gasteiger charge is -2.46. The Morgan fingerprint density at radius 3 is 1.00 bits per heavy atom. The smallest absolute Gasteiger partial charge is 0.338 e. The number of esters is 6. The molecule has 0 spiro atoms. The molecule has 20 nitrogen and oxygen atoms in total. The molecule has 2 aliphatic rings. The molecule has 6 aromatic carbocycles. The van der Waals surface area contributed by atoms with Gasteiger partial charge >= 0.3 is 35.8 Å². The minimum absolute atomic E-state index is 0.0416. The number of azide groups is 1. The Bertz CT molecular complexity index is 2940. The average Bonchev–Trinajstić information content (AvgIpc) is 3.49. The summed E-state index contributed by atoms with van der Waals surface area (Å²) in [4.78, 5) is 87.0. The van der Waals surface area contributed by atoms with Crippen LogP contribution in [0.2, 0.25) is 0 Å². The highest BCUT2D eigenvalue weighted by molar-refractivity contribution is 5.92. The van der Waals surface area contributed by atoms with E-state index in [9.17, 15) is 33.9 Å². The minimum Gasteiger partial charge on any atom is -0.452 e. The van der Waals surface area contributed by atoms with Crippen molar-refractivity contribution in [1.29, 1.82) is 0 Å². The summed E-state index contributed by atoms with van der Waals surface area (Å²) in [5.41, 5.74) is 9.44. The summed E-state index contributed by atoms with van der Waals surface area (Å²) in [6.07, 6.45) is -17.2. The van der Waals surface area contributed by atoms with Crippen molar-refractivity contribution in [2.45, 2.75) is 61.4 Å². The van der Waals surface area contributed by atoms with Crippen LogP contribution in [-0.4, -0.2) is 129 Å². The summed E-state index contributed by atoms with van der Waals surface area (Å²) in [6.45, 7) is -2.22. The number of ether oxygens (including phenoxy) is 10. The second kappa shape index (κ2) is 26.5. The van der Waals surface area contributed by atoms with E-state index in [1.165, 1.54) is 72.8 Å². The van der Waals surface area contributed by atoms with Gasteiger partial charge < -0.3 is 52.5 Å². The van der Waals surface area contributed by atoms with Gasteiger partial charge in [-0.05, 0) is 78.3 Å². The molecule has 0 amide bonds. The zero-order chi connectivity index (χ0) is 53.2. The fourth-order valence-electron chi connectivity index (χ4n) is 8.15. The van der Waals surface area contributed by atoms with Gasteiger partial charge in [0.1, 0.15) is 12.2 Å². The van der Waals surface area contributed by atoms with Crippen LogP contribution < -0.4 is 0 Å². The van der Waals surface area contributed by atoms with Crippen LogP contribution in [0.4, 0.5) is 0 Å². The lowest BCUT2D eigenvalue weighted by atomic mass is 9.96. The van der Waals surface area contributed by atoms with Crippen LogP contribution >= 0.6 is 0 Å². The van der Waals surface area contributed by atoms with Gasteiger partial charge in [0.15, 0.2) is 49.2 Å². The SMILES string of the molecule is [N-]=[N+]=NCCOC1O[C@H](CO[C@@H]2O[C@H](CO)[C@@H](OC(=O)c3ccccc3)[C@H](OC(=O)c3ccccc3)C2OC(=O)c2ccccc2)[C@@H](OC(=O)c2ccccc2)C(OC(=O)c2ccccc2)[C@H]1OC(=O)c1ccccc1. The average molecular weight is 1040 g/mol. The Balaban J connectivity index is 1.21. The van der Waals surface area contributed by atoms with Crippen molar-refractivity contribution in [2.75, 3.05) is 26.4 Å². The Labute approximate surface area is 434 Å². The van der Waals surface area contributed by atoms with E-state index in [1.807, 2.05) is 0 Å². The molecule has 76 heavy (non-hydrogen) atoms. The zero-order valence-corrected chi connectivity index (χ0v) is 40.2. The van der Waals surface area contributed by atoms with Crippen LogP contribution in [-0.2, 0) is 47.4 Å². The molecule has 0 aliphatic carbocycles. The number of nitrogens with zero attached hydrogens (tertiary/aromatic N) is 3. The van der Waals surface area contributed by atoms with Crippen molar-refractivity contribution in [1.82, 2.24) is 0 Å². The number of carbonyl (C=O) groups excluding carboxylic acids is 6. The van der Waals surface area contributed by atoms with Gasteiger partial charge in [-0.1, -0.05) is 114 Å². The second-order valence-electron chi connectivity index (χ2n) is 16.8. The monoisotopic (exact) mass is 1040 g/mol. The summed E-state index contributed by atoms with van der Waals surface area (Å²) in [7, 11) is 0. The molecule has 2 fully saturated rings. The summed E-state index contributed by atoms with van der Waals surface area (Å²) in [5.74, 6) is -5.65. The van der Waals surface area contributed by atoms with E-state index in [4.69, 9.17) is 52.9 Å². The number of rotatable bonds is 20. The molecule has 390 valence electrons. The van der Waals surface area contributed by atoms with Gasteiger partial charge in [-0.2, -0.15) is 0 Å². The molecule has 20 heteroatoms. The number of benzene rings is 6. The standard InChI is InChI=1S/C56H49N3O17/c57-59-58-31-32-67-55-47(75-53(65)39-27-15-5-16-28-39)46(74-52(64)38-25-13-4-14-26-38)44(72-50(62)36-21-9-2-10-22-36)42(70-55)34-68-56-48(76-54(66)40-29-17-6-18-30-40)45(73-51(63)37-23-11-3-12-24-37)43(41(33-60)69-56)71-49(61)35-19-7-1-8-20-35/h1-30,41-48,55-56,60H,31-34H2/t41-,42-,43-,44-,45+,46?,47-,48?,55?,56-/m1/s1. The first-order valence-corrected chi connectivity index (χ1v) is 23.8. The fourth-order valence-corrected chi connectivity index (χ4v) is 8.15. The third-order valence-corrected chi connectivity index (χ3v) is 11.8. The molecule has 1 N–H and O–H groups in total. The van der Waals surface area contributed by atoms with Gasteiger partial charge in [-0.3, -0.25) is 0 Å². The molecule has 2 heterocycles. The molecule has 0 aromatic heterocycles. The maximum absolute atomic E-state index is 14.2. The van der Waals surface area contributed by atoms with Crippen molar-refractivity contribution >= 4 is 35.8 Å². The maximum Gasteiger partial charge on any atom is 0.338 e. The summed E-state index contributed by atoms with van der Waals surface area (Å²) >= 11 is 0. The van der Waals surface area contributed by atoms with Crippen LogP contribution in [0.25, 0.3) is 10.4 Å². The van der Waals surface area contributed by atoms with Gasteiger partial charge in [-0.15, -0.1) is 0 Å². The first-order chi connectivity index (χ1) is 37.1. The van der Waals surface area contributed by atoms with Crippen LogP contribution in [0.15, 0.2) is 187 Å². The van der Waals surface area contributed by atoms with Crippen molar-refractivity contribution in [3.05, 3.63) is 226 Å². The van der Waals surface area contributed by atoms with Gasteiger partial charge in [0, 0.05) is 11.5 Å². The van der Waals surface area contributed by atoms with Crippen molar-refractivity contribution in [3.8, 4) is 0 Å². The molecule has 6 aromatic rings. The van der Waals surface area contributed by atoms with Crippen LogP contribution in [0.3, 0.4) is 0 Å². The maximum atomic E-state index is 14.2. The minimum atomic E-state index is -1.84.